The van der Waals surface area contributed by atoms with Crippen molar-refractivity contribution in [3.05, 3.63) is 52.5 Å². The molecule has 7 heteroatoms. The van der Waals surface area contributed by atoms with Gasteiger partial charge in [-0.1, -0.05) is 41.4 Å². The molecule has 2 aromatic rings. The van der Waals surface area contributed by atoms with E-state index in [1.54, 1.807) is 18.2 Å². The summed E-state index contributed by atoms with van der Waals surface area (Å²) in [6.45, 7) is 0. The molecular weight excluding hydrogens is 355 g/mol. The molecule has 1 atom stereocenters. The van der Waals surface area contributed by atoms with E-state index >= 15 is 0 Å². The molecule has 3 rings (SSSR count). The van der Waals surface area contributed by atoms with Crippen LogP contribution < -0.4 is 10.6 Å². The van der Waals surface area contributed by atoms with E-state index in [1.807, 2.05) is 24.3 Å². The molecule has 0 saturated heterocycles. The Morgan fingerprint density at radius 3 is 2.78 bits per heavy atom. The first-order chi connectivity index (χ1) is 11.0. The van der Waals surface area contributed by atoms with Crippen LogP contribution in [-0.2, 0) is 9.59 Å². The number of anilines is 2. The standard InChI is InChI=1S/C16H12Cl2N2O2S/c17-9-4-3-6-11(15(9)18)19-14(21)8-13-16(22)20-10-5-1-2-7-12(10)23-13/h1-7,13H,8H2,(H,19,21)(H,20,22)/t13-/m0/s1. The molecule has 0 bridgehead atoms. The molecule has 0 saturated carbocycles. The van der Waals surface area contributed by atoms with Crippen molar-refractivity contribution in [2.75, 3.05) is 10.6 Å². The Kier molecular flexibility index (Phi) is 4.80. The quantitative estimate of drug-likeness (QED) is 0.844. The number of nitrogens with one attached hydrogen (secondary N) is 2. The lowest BCUT2D eigenvalue weighted by Crippen LogP contribution is -2.32. The fourth-order valence-corrected chi connectivity index (χ4v) is 3.66. The van der Waals surface area contributed by atoms with E-state index < -0.39 is 5.25 Å². The second-order valence-corrected chi connectivity index (χ2v) is 6.98. The van der Waals surface area contributed by atoms with Crippen LogP contribution in [-0.4, -0.2) is 17.1 Å². The highest BCUT2D eigenvalue weighted by Crippen LogP contribution is 2.37. The number of hydrogen-bond acceptors (Lipinski definition) is 3. The summed E-state index contributed by atoms with van der Waals surface area (Å²) in [6, 6.07) is 12.5. The summed E-state index contributed by atoms with van der Waals surface area (Å²) in [5, 5.41) is 5.67. The van der Waals surface area contributed by atoms with Gasteiger partial charge in [0.05, 0.1) is 26.7 Å². The number of halogens is 2. The zero-order valence-corrected chi connectivity index (χ0v) is 14.1. The Morgan fingerprint density at radius 1 is 1.17 bits per heavy atom. The Labute approximate surface area is 147 Å². The van der Waals surface area contributed by atoms with E-state index in [9.17, 15) is 9.59 Å². The number of amides is 2. The van der Waals surface area contributed by atoms with Crippen molar-refractivity contribution in [3.8, 4) is 0 Å². The summed E-state index contributed by atoms with van der Waals surface area (Å²) in [5.74, 6) is -0.470. The number of carbonyl (C=O) groups excluding carboxylic acids is 2. The molecule has 118 valence electrons. The van der Waals surface area contributed by atoms with Gasteiger partial charge in [-0.3, -0.25) is 9.59 Å². The molecule has 0 aliphatic carbocycles. The summed E-state index contributed by atoms with van der Waals surface area (Å²) < 4.78 is 0. The number of rotatable bonds is 3. The minimum Gasteiger partial charge on any atom is -0.325 e. The summed E-state index contributed by atoms with van der Waals surface area (Å²) in [4.78, 5) is 25.3. The zero-order valence-electron chi connectivity index (χ0n) is 11.8. The van der Waals surface area contributed by atoms with Crippen molar-refractivity contribution in [1.82, 2.24) is 0 Å². The van der Waals surface area contributed by atoms with Crippen molar-refractivity contribution < 1.29 is 9.59 Å². The van der Waals surface area contributed by atoms with Crippen LogP contribution in [0.4, 0.5) is 11.4 Å². The smallest absolute Gasteiger partial charge is 0.238 e. The first-order valence-electron chi connectivity index (χ1n) is 6.85. The third-order valence-corrected chi connectivity index (χ3v) is 5.40. The van der Waals surface area contributed by atoms with Crippen LogP contribution in [0.2, 0.25) is 10.0 Å². The van der Waals surface area contributed by atoms with E-state index in [2.05, 4.69) is 10.6 Å². The average Bonchev–Trinajstić information content (AvgIpc) is 2.52. The molecule has 1 aliphatic heterocycles. The van der Waals surface area contributed by atoms with Gasteiger partial charge in [0.25, 0.3) is 0 Å². The second-order valence-electron chi connectivity index (χ2n) is 4.95. The Balaban J connectivity index is 1.69. The van der Waals surface area contributed by atoms with Crippen molar-refractivity contribution in [1.29, 1.82) is 0 Å². The number of para-hydroxylation sites is 1. The van der Waals surface area contributed by atoms with E-state index in [-0.39, 0.29) is 23.3 Å². The summed E-state index contributed by atoms with van der Waals surface area (Å²) in [5.41, 5.74) is 1.21. The summed E-state index contributed by atoms with van der Waals surface area (Å²) in [7, 11) is 0. The molecule has 2 N–H and O–H groups in total. The highest BCUT2D eigenvalue weighted by molar-refractivity contribution is 8.01. The van der Waals surface area contributed by atoms with E-state index in [4.69, 9.17) is 23.2 Å². The van der Waals surface area contributed by atoms with Crippen LogP contribution in [0.1, 0.15) is 6.42 Å². The highest BCUT2D eigenvalue weighted by Gasteiger charge is 2.28. The Bertz CT molecular complexity index is 782. The summed E-state index contributed by atoms with van der Waals surface area (Å²) >= 11 is 13.3. The number of fused-ring (bicyclic) bond motifs is 1. The van der Waals surface area contributed by atoms with Gasteiger partial charge in [-0.25, -0.2) is 0 Å². The maximum atomic E-state index is 12.2. The second kappa shape index (κ2) is 6.83. The molecule has 23 heavy (non-hydrogen) atoms. The van der Waals surface area contributed by atoms with Gasteiger partial charge in [-0.05, 0) is 24.3 Å². The Morgan fingerprint density at radius 2 is 1.96 bits per heavy atom. The third-order valence-electron chi connectivity index (χ3n) is 3.30. The van der Waals surface area contributed by atoms with Crippen molar-refractivity contribution in [3.63, 3.8) is 0 Å². The lowest BCUT2D eigenvalue weighted by Gasteiger charge is -2.23. The largest absolute Gasteiger partial charge is 0.325 e. The monoisotopic (exact) mass is 366 g/mol. The minimum absolute atomic E-state index is 0.0493. The predicted molar refractivity (Wildman–Crippen MR) is 94.4 cm³/mol. The molecular formula is C16H12Cl2N2O2S. The van der Waals surface area contributed by atoms with Gasteiger partial charge in [0, 0.05) is 11.3 Å². The van der Waals surface area contributed by atoms with E-state index in [1.165, 1.54) is 11.8 Å². The zero-order chi connectivity index (χ0) is 16.4. The van der Waals surface area contributed by atoms with Gasteiger partial charge >= 0.3 is 0 Å². The van der Waals surface area contributed by atoms with Gasteiger partial charge in [-0.15, -0.1) is 11.8 Å². The maximum absolute atomic E-state index is 12.2. The fourth-order valence-electron chi connectivity index (χ4n) is 2.20. The molecule has 0 spiro atoms. The molecule has 0 unspecified atom stereocenters. The minimum atomic E-state index is -0.483. The van der Waals surface area contributed by atoms with Gasteiger partial charge in [0.1, 0.15) is 0 Å². The average molecular weight is 367 g/mol. The normalized spacial score (nSPS) is 16.4. The molecule has 1 heterocycles. The number of benzene rings is 2. The van der Waals surface area contributed by atoms with Crippen molar-refractivity contribution in [2.24, 2.45) is 0 Å². The van der Waals surface area contributed by atoms with Gasteiger partial charge in [0.15, 0.2) is 0 Å². The third kappa shape index (κ3) is 3.63. The van der Waals surface area contributed by atoms with Gasteiger partial charge in [0.2, 0.25) is 11.8 Å². The SMILES string of the molecule is O=C(C[C@@H]1Sc2ccccc2NC1=O)Nc1cccc(Cl)c1Cl. The number of thioether (sulfide) groups is 1. The van der Waals surface area contributed by atoms with E-state index in [0.29, 0.717) is 10.7 Å². The van der Waals surface area contributed by atoms with Crippen LogP contribution in [0.25, 0.3) is 0 Å². The first-order valence-corrected chi connectivity index (χ1v) is 8.48. The molecule has 1 aliphatic rings. The van der Waals surface area contributed by atoms with Crippen molar-refractivity contribution in [2.45, 2.75) is 16.6 Å². The molecule has 4 nitrogen and oxygen atoms in total. The van der Waals surface area contributed by atoms with Crippen LogP contribution in [0.3, 0.4) is 0 Å². The molecule has 0 aromatic heterocycles. The van der Waals surface area contributed by atoms with Gasteiger partial charge < -0.3 is 10.6 Å². The van der Waals surface area contributed by atoms with E-state index in [0.717, 1.165) is 10.6 Å². The van der Waals surface area contributed by atoms with Gasteiger partial charge in [-0.2, -0.15) is 0 Å². The molecule has 0 fully saturated rings. The molecule has 2 amide bonds. The highest BCUT2D eigenvalue weighted by atomic mass is 35.5. The number of hydrogen-bond donors (Lipinski definition) is 2. The predicted octanol–water partition coefficient (Wildman–Crippen LogP) is 4.44. The first kappa shape index (κ1) is 16.2. The molecule has 0 radical (unpaired) electrons. The van der Waals surface area contributed by atoms with Crippen LogP contribution in [0.15, 0.2) is 47.4 Å². The van der Waals surface area contributed by atoms with Crippen LogP contribution in [0, 0.1) is 0 Å². The van der Waals surface area contributed by atoms with Crippen LogP contribution >= 0.6 is 35.0 Å². The molecule has 2 aromatic carbocycles. The topological polar surface area (TPSA) is 58.2 Å². The lowest BCUT2D eigenvalue weighted by atomic mass is 10.2. The lowest BCUT2D eigenvalue weighted by molar-refractivity contribution is -0.120. The van der Waals surface area contributed by atoms with Crippen LogP contribution in [0.5, 0.6) is 0 Å². The maximum Gasteiger partial charge on any atom is 0.238 e. The Hall–Kier alpha value is -1.69. The number of carbonyl (C=O) groups is 2. The fraction of sp³-hybridized carbons (Fsp3) is 0.125. The van der Waals surface area contributed by atoms with Crippen molar-refractivity contribution >= 4 is 58.2 Å². The summed E-state index contributed by atoms with van der Waals surface area (Å²) in [6.07, 6.45) is 0.0493.